The molecule has 1 aliphatic rings. The number of rotatable bonds is 6. The largest absolute Gasteiger partial charge is 0.345 e. The highest BCUT2D eigenvalue weighted by molar-refractivity contribution is 5.94. The molecule has 0 N–H and O–H groups in total. The molecule has 0 bridgehead atoms. The number of carbonyl (C=O) groups excluding carboxylic acids is 1. The van der Waals surface area contributed by atoms with Crippen molar-refractivity contribution >= 4 is 23.0 Å². The van der Waals surface area contributed by atoms with Crippen molar-refractivity contribution in [2.45, 2.75) is 45.1 Å². The molecule has 0 aliphatic carbocycles. The van der Waals surface area contributed by atoms with Crippen molar-refractivity contribution in [2.75, 3.05) is 32.1 Å². The standard InChI is InChI=1S/C26H29F2N7O2/c1-15(2)23-31-26(37-32-23)34-9-7-18(8-10-34)35-13-20(28)22-21(29-14-30-24(22)35)12-16-5-6-17(11-19(16)27)25(36)33(3)4/h5-6,11,13-15,18H,7-10,12H2,1-4H3. The summed E-state index contributed by atoms with van der Waals surface area (Å²) in [7, 11) is 3.22. The average molecular weight is 510 g/mol. The second kappa shape index (κ2) is 9.87. The zero-order valence-electron chi connectivity index (χ0n) is 21.3. The van der Waals surface area contributed by atoms with E-state index in [2.05, 4.69) is 20.1 Å². The van der Waals surface area contributed by atoms with E-state index in [4.69, 9.17) is 4.52 Å². The summed E-state index contributed by atoms with van der Waals surface area (Å²) in [4.78, 5) is 28.7. The van der Waals surface area contributed by atoms with Gasteiger partial charge in [-0.3, -0.25) is 4.79 Å². The number of hydrogen-bond donors (Lipinski definition) is 0. The summed E-state index contributed by atoms with van der Waals surface area (Å²) in [5, 5.41) is 4.33. The van der Waals surface area contributed by atoms with Crippen LogP contribution >= 0.6 is 0 Å². The molecular weight excluding hydrogens is 480 g/mol. The normalized spacial score (nSPS) is 14.6. The Morgan fingerprint density at radius 3 is 2.57 bits per heavy atom. The number of aromatic nitrogens is 5. The maximum atomic E-state index is 15.2. The third kappa shape index (κ3) is 4.77. The van der Waals surface area contributed by atoms with Crippen LogP contribution in [0.3, 0.4) is 0 Å². The Bertz CT molecular complexity index is 1440. The van der Waals surface area contributed by atoms with E-state index >= 15 is 4.39 Å². The lowest BCUT2D eigenvalue weighted by atomic mass is 10.0. The molecule has 9 nitrogen and oxygen atoms in total. The molecule has 0 unspecified atom stereocenters. The molecule has 0 spiro atoms. The lowest BCUT2D eigenvalue weighted by Gasteiger charge is -2.31. The van der Waals surface area contributed by atoms with Crippen molar-refractivity contribution in [3.05, 3.63) is 65.0 Å². The van der Waals surface area contributed by atoms with Crippen LogP contribution in [0.2, 0.25) is 0 Å². The summed E-state index contributed by atoms with van der Waals surface area (Å²) in [6.07, 6.45) is 4.42. The molecule has 194 valence electrons. The molecule has 3 aromatic heterocycles. The average Bonchev–Trinajstić information content (AvgIpc) is 3.51. The Kier molecular flexibility index (Phi) is 6.61. The molecule has 0 saturated carbocycles. The predicted octanol–water partition coefficient (Wildman–Crippen LogP) is 4.35. The van der Waals surface area contributed by atoms with E-state index in [0.717, 1.165) is 12.8 Å². The van der Waals surface area contributed by atoms with Crippen LogP contribution in [-0.2, 0) is 6.42 Å². The second-order valence-corrected chi connectivity index (χ2v) is 9.89. The molecule has 4 heterocycles. The van der Waals surface area contributed by atoms with E-state index < -0.39 is 11.6 Å². The van der Waals surface area contributed by atoms with Crippen LogP contribution in [0.4, 0.5) is 14.8 Å². The van der Waals surface area contributed by atoms with Crippen molar-refractivity contribution in [1.29, 1.82) is 0 Å². The third-order valence-electron chi connectivity index (χ3n) is 6.78. The van der Waals surface area contributed by atoms with Gasteiger partial charge in [0.05, 0.1) is 11.1 Å². The topological polar surface area (TPSA) is 93.2 Å². The number of fused-ring (bicyclic) bond motifs is 1. The minimum absolute atomic E-state index is 0.0338. The number of anilines is 1. The van der Waals surface area contributed by atoms with Crippen LogP contribution in [0.5, 0.6) is 0 Å². The Labute approximate surface area is 213 Å². The van der Waals surface area contributed by atoms with Crippen molar-refractivity contribution in [3.63, 3.8) is 0 Å². The van der Waals surface area contributed by atoms with E-state index in [9.17, 15) is 9.18 Å². The maximum absolute atomic E-state index is 15.2. The van der Waals surface area contributed by atoms with E-state index in [1.807, 2.05) is 23.3 Å². The first kappa shape index (κ1) is 24.8. The quantitative estimate of drug-likeness (QED) is 0.382. The Hall–Kier alpha value is -3.89. The first-order valence-electron chi connectivity index (χ1n) is 12.3. The summed E-state index contributed by atoms with van der Waals surface area (Å²) < 4.78 is 37.3. The Balaban J connectivity index is 1.36. The molecule has 11 heteroatoms. The molecular formula is C26H29F2N7O2. The molecule has 5 rings (SSSR count). The Morgan fingerprint density at radius 1 is 1.16 bits per heavy atom. The summed E-state index contributed by atoms with van der Waals surface area (Å²) in [5.74, 6) is -0.400. The highest BCUT2D eigenvalue weighted by Crippen LogP contribution is 2.32. The molecule has 0 atom stereocenters. The number of benzene rings is 1. The SMILES string of the molecule is CC(C)c1noc(N2CCC(n3cc(F)c4c(Cc5ccc(C(=O)N(C)C)cc5F)ncnc43)CC2)n1. The van der Waals surface area contributed by atoms with Crippen molar-refractivity contribution in [1.82, 2.24) is 29.6 Å². The molecule has 1 aromatic carbocycles. The number of nitrogens with zero attached hydrogens (tertiary/aromatic N) is 7. The number of carbonyl (C=O) groups is 1. The Morgan fingerprint density at radius 2 is 1.92 bits per heavy atom. The van der Waals surface area contributed by atoms with Gasteiger partial charge < -0.3 is 18.9 Å². The van der Waals surface area contributed by atoms with Crippen LogP contribution in [0.1, 0.15) is 66.1 Å². The zero-order valence-corrected chi connectivity index (χ0v) is 21.3. The summed E-state index contributed by atoms with van der Waals surface area (Å²) >= 11 is 0. The van der Waals surface area contributed by atoms with Gasteiger partial charge in [0.1, 0.15) is 17.8 Å². The van der Waals surface area contributed by atoms with Gasteiger partial charge in [-0.15, -0.1) is 0 Å². The maximum Gasteiger partial charge on any atom is 0.324 e. The fourth-order valence-corrected chi connectivity index (χ4v) is 4.70. The molecule has 1 aliphatic heterocycles. The van der Waals surface area contributed by atoms with Gasteiger partial charge in [-0.2, -0.15) is 4.98 Å². The van der Waals surface area contributed by atoms with Gasteiger partial charge in [-0.25, -0.2) is 18.7 Å². The van der Waals surface area contributed by atoms with Crippen LogP contribution in [0.15, 0.2) is 35.2 Å². The molecule has 1 saturated heterocycles. The van der Waals surface area contributed by atoms with Crippen LogP contribution in [0, 0.1) is 11.6 Å². The van der Waals surface area contributed by atoms with Gasteiger partial charge in [0.2, 0.25) is 0 Å². The molecule has 4 aromatic rings. The highest BCUT2D eigenvalue weighted by Gasteiger charge is 2.27. The van der Waals surface area contributed by atoms with Crippen molar-refractivity contribution in [2.24, 2.45) is 0 Å². The predicted molar refractivity (Wildman–Crippen MR) is 134 cm³/mol. The van der Waals surface area contributed by atoms with E-state index in [1.54, 1.807) is 26.2 Å². The van der Waals surface area contributed by atoms with Gasteiger partial charge in [-0.1, -0.05) is 25.1 Å². The molecule has 1 amide bonds. The number of hydrogen-bond acceptors (Lipinski definition) is 7. The minimum atomic E-state index is -0.534. The molecule has 1 fully saturated rings. The first-order chi connectivity index (χ1) is 17.7. The summed E-state index contributed by atoms with van der Waals surface area (Å²) in [6, 6.07) is 4.87. The van der Waals surface area contributed by atoms with E-state index in [-0.39, 0.29) is 35.2 Å². The van der Waals surface area contributed by atoms with Gasteiger partial charge in [0.25, 0.3) is 5.91 Å². The lowest BCUT2D eigenvalue weighted by Crippen LogP contribution is -2.34. The van der Waals surface area contributed by atoms with E-state index in [0.29, 0.717) is 41.8 Å². The summed E-state index contributed by atoms with van der Waals surface area (Å²) in [5.41, 5.74) is 1.47. The molecule has 37 heavy (non-hydrogen) atoms. The first-order valence-corrected chi connectivity index (χ1v) is 12.3. The monoisotopic (exact) mass is 509 g/mol. The highest BCUT2D eigenvalue weighted by atomic mass is 19.1. The lowest BCUT2D eigenvalue weighted by molar-refractivity contribution is 0.0827. The molecule has 0 radical (unpaired) electrons. The van der Waals surface area contributed by atoms with Crippen LogP contribution in [-0.4, -0.2) is 62.7 Å². The van der Waals surface area contributed by atoms with Gasteiger partial charge in [0.15, 0.2) is 11.6 Å². The van der Waals surface area contributed by atoms with Gasteiger partial charge in [-0.05, 0) is 30.5 Å². The second-order valence-electron chi connectivity index (χ2n) is 9.89. The van der Waals surface area contributed by atoms with Crippen LogP contribution < -0.4 is 4.90 Å². The smallest absolute Gasteiger partial charge is 0.324 e. The minimum Gasteiger partial charge on any atom is -0.345 e. The van der Waals surface area contributed by atoms with Crippen LogP contribution in [0.25, 0.3) is 11.0 Å². The number of amides is 1. The van der Waals surface area contributed by atoms with Crippen molar-refractivity contribution < 1.29 is 18.1 Å². The van der Waals surface area contributed by atoms with E-state index in [1.165, 1.54) is 23.5 Å². The fourth-order valence-electron chi connectivity index (χ4n) is 4.70. The van der Waals surface area contributed by atoms with Gasteiger partial charge >= 0.3 is 6.01 Å². The third-order valence-corrected chi connectivity index (χ3v) is 6.78. The fraction of sp³-hybridized carbons (Fsp3) is 0.423. The summed E-state index contributed by atoms with van der Waals surface area (Å²) in [6.45, 7) is 5.40. The van der Waals surface area contributed by atoms with Crippen molar-refractivity contribution in [3.8, 4) is 0 Å². The van der Waals surface area contributed by atoms with Gasteiger partial charge in [0, 0.05) is 57.3 Å². The number of halogens is 2. The number of piperidine rings is 1. The zero-order chi connectivity index (χ0) is 26.3.